The highest BCUT2D eigenvalue weighted by atomic mass is 32.2. The molecule has 0 radical (unpaired) electrons. The van der Waals surface area contributed by atoms with Crippen LogP contribution in [0.15, 0.2) is 58.5 Å². The average Bonchev–Trinajstić information content (AvgIpc) is 3.45. The van der Waals surface area contributed by atoms with Crippen LogP contribution in [0.3, 0.4) is 0 Å². The van der Waals surface area contributed by atoms with E-state index in [1.807, 2.05) is 60.4 Å². The summed E-state index contributed by atoms with van der Waals surface area (Å²) >= 11 is 1.73. The Kier molecular flexibility index (Phi) is 7.99. The summed E-state index contributed by atoms with van der Waals surface area (Å²) in [7, 11) is 0. The Morgan fingerprint density at radius 3 is 2.54 bits per heavy atom. The molecule has 0 bridgehead atoms. The molecule has 8 nitrogen and oxygen atoms in total. The Morgan fingerprint density at radius 1 is 1.07 bits per heavy atom. The predicted octanol–water partition coefficient (Wildman–Crippen LogP) is 4.52. The molecule has 9 heteroatoms. The van der Waals surface area contributed by atoms with E-state index in [1.54, 1.807) is 16.3 Å². The number of esters is 1. The van der Waals surface area contributed by atoms with Crippen molar-refractivity contribution in [1.29, 1.82) is 0 Å². The first-order chi connectivity index (χ1) is 19.9. The number of ether oxygens (including phenoxy) is 1. The Labute approximate surface area is 244 Å². The van der Waals surface area contributed by atoms with Crippen LogP contribution in [0.2, 0.25) is 0 Å². The maximum atomic E-state index is 13.9. The molecule has 6 rings (SSSR count). The minimum Gasteiger partial charge on any atom is -0.426 e. The zero-order valence-corrected chi connectivity index (χ0v) is 24.5. The van der Waals surface area contributed by atoms with E-state index < -0.39 is 0 Å². The van der Waals surface area contributed by atoms with Gasteiger partial charge in [-0.3, -0.25) is 23.9 Å². The Morgan fingerprint density at radius 2 is 1.83 bits per heavy atom. The topological polar surface area (TPSA) is 84.7 Å². The summed E-state index contributed by atoms with van der Waals surface area (Å²) in [6.45, 7) is 6.35. The van der Waals surface area contributed by atoms with Crippen molar-refractivity contribution in [2.24, 2.45) is 5.92 Å². The quantitative estimate of drug-likeness (QED) is 0.234. The molecule has 1 aliphatic carbocycles. The van der Waals surface area contributed by atoms with Crippen molar-refractivity contribution >= 4 is 23.6 Å². The summed E-state index contributed by atoms with van der Waals surface area (Å²) in [4.78, 5) is 47.8. The van der Waals surface area contributed by atoms with Gasteiger partial charge in [0.2, 0.25) is 5.91 Å². The zero-order chi connectivity index (χ0) is 28.5. The van der Waals surface area contributed by atoms with Crippen LogP contribution in [0, 0.1) is 12.8 Å². The van der Waals surface area contributed by atoms with Crippen LogP contribution in [0.1, 0.15) is 55.0 Å². The van der Waals surface area contributed by atoms with Crippen LogP contribution in [-0.4, -0.2) is 56.1 Å². The largest absolute Gasteiger partial charge is 0.426 e. The average molecular weight is 573 g/mol. The first kappa shape index (κ1) is 27.7. The van der Waals surface area contributed by atoms with Crippen molar-refractivity contribution in [2.75, 3.05) is 19.6 Å². The minimum absolute atomic E-state index is 0.0537. The van der Waals surface area contributed by atoms with Crippen molar-refractivity contribution < 1.29 is 14.3 Å². The molecular formula is C32H36N4O4S. The van der Waals surface area contributed by atoms with Gasteiger partial charge in [-0.15, -0.1) is 0 Å². The highest BCUT2D eigenvalue weighted by Gasteiger charge is 2.37. The number of thioether (sulfide) groups is 1. The van der Waals surface area contributed by atoms with E-state index in [0.29, 0.717) is 49.2 Å². The first-order valence-electron chi connectivity index (χ1n) is 14.5. The zero-order valence-electron chi connectivity index (χ0n) is 23.7. The van der Waals surface area contributed by atoms with Crippen LogP contribution in [0.5, 0.6) is 5.75 Å². The number of benzene rings is 2. The fraction of sp³-hybridized carbons (Fsp3) is 0.438. The van der Waals surface area contributed by atoms with Gasteiger partial charge < -0.3 is 9.64 Å². The van der Waals surface area contributed by atoms with Gasteiger partial charge in [0.15, 0.2) is 5.16 Å². The van der Waals surface area contributed by atoms with E-state index >= 15 is 0 Å². The molecule has 1 aromatic heterocycles. The molecule has 1 amide bonds. The molecule has 2 aliphatic heterocycles. The van der Waals surface area contributed by atoms with Gasteiger partial charge in [0.05, 0.1) is 29.4 Å². The molecule has 0 N–H and O–H groups in total. The molecule has 214 valence electrons. The molecule has 41 heavy (non-hydrogen) atoms. The molecule has 3 aromatic rings. The molecule has 2 fully saturated rings. The Hall–Kier alpha value is -3.43. The smallest absolute Gasteiger partial charge is 0.308 e. The number of aromatic nitrogens is 2. The van der Waals surface area contributed by atoms with Crippen LogP contribution in [0.25, 0.3) is 5.69 Å². The van der Waals surface area contributed by atoms with Crippen molar-refractivity contribution in [3.05, 3.63) is 81.3 Å². The van der Waals surface area contributed by atoms with Gasteiger partial charge in [-0.1, -0.05) is 54.9 Å². The maximum Gasteiger partial charge on any atom is 0.308 e. The second kappa shape index (κ2) is 11.8. The van der Waals surface area contributed by atoms with Gasteiger partial charge in [-0.2, -0.15) is 0 Å². The number of carbonyl (C=O) groups is 2. The summed E-state index contributed by atoms with van der Waals surface area (Å²) in [5, 5.41) is 1.27. The lowest BCUT2D eigenvalue weighted by Gasteiger charge is -2.41. The number of rotatable bonds is 7. The van der Waals surface area contributed by atoms with Crippen LogP contribution in [-0.2, 0) is 29.1 Å². The first-order valence-corrected chi connectivity index (χ1v) is 15.4. The molecule has 3 aliphatic rings. The number of nitrogens with zero attached hydrogens (tertiary/aromatic N) is 4. The summed E-state index contributed by atoms with van der Waals surface area (Å²) in [5.74, 6) is 0.291. The predicted molar refractivity (Wildman–Crippen MR) is 158 cm³/mol. The number of hydrogen-bond acceptors (Lipinski definition) is 7. The van der Waals surface area contributed by atoms with E-state index in [9.17, 15) is 14.4 Å². The van der Waals surface area contributed by atoms with E-state index in [-0.39, 0.29) is 23.4 Å². The van der Waals surface area contributed by atoms with Gasteiger partial charge in [0.25, 0.3) is 5.56 Å². The third-order valence-electron chi connectivity index (χ3n) is 8.30. The number of amides is 1. The van der Waals surface area contributed by atoms with E-state index in [4.69, 9.17) is 9.72 Å². The number of hydrogen-bond donors (Lipinski definition) is 0. The summed E-state index contributed by atoms with van der Waals surface area (Å²) < 4.78 is 6.99. The summed E-state index contributed by atoms with van der Waals surface area (Å²) in [6, 6.07) is 15.6. The van der Waals surface area contributed by atoms with E-state index in [2.05, 4.69) is 4.90 Å². The fourth-order valence-electron chi connectivity index (χ4n) is 6.13. The van der Waals surface area contributed by atoms with Crippen LogP contribution < -0.4 is 10.3 Å². The molecule has 1 saturated heterocycles. The van der Waals surface area contributed by atoms with Gasteiger partial charge in [-0.05, 0) is 49.1 Å². The number of fused-ring (bicyclic) bond motifs is 1. The van der Waals surface area contributed by atoms with Crippen LogP contribution in [0.4, 0.5) is 0 Å². The second-order valence-corrected chi connectivity index (χ2v) is 12.7. The number of para-hydroxylation sites is 1. The summed E-state index contributed by atoms with van der Waals surface area (Å²) in [5.41, 5.74) is 4.29. The SMILES string of the molecule is CC(=O)Oc1ccc(CN2CC(C(=O)N3CCc4nc(SC5CCCC5)n(-c5ccccc5)c(=O)c4C3)C2)cc1C. The number of carbonyl (C=O) groups excluding carboxylic acids is 2. The highest BCUT2D eigenvalue weighted by Crippen LogP contribution is 2.35. The fourth-order valence-corrected chi connectivity index (χ4v) is 7.46. The molecule has 3 heterocycles. The lowest BCUT2D eigenvalue weighted by Crippen LogP contribution is -2.55. The van der Waals surface area contributed by atoms with E-state index in [1.165, 1.54) is 19.8 Å². The molecule has 0 unspecified atom stereocenters. The second-order valence-electron chi connectivity index (χ2n) is 11.4. The lowest BCUT2D eigenvalue weighted by atomic mass is 9.95. The Bertz CT molecular complexity index is 1510. The molecule has 2 aromatic carbocycles. The molecule has 0 atom stereocenters. The van der Waals surface area contributed by atoms with Gasteiger partial charge in [0.1, 0.15) is 5.75 Å². The van der Waals surface area contributed by atoms with Gasteiger partial charge in [0, 0.05) is 44.8 Å². The third kappa shape index (κ3) is 5.97. The van der Waals surface area contributed by atoms with Crippen molar-refractivity contribution in [1.82, 2.24) is 19.4 Å². The van der Waals surface area contributed by atoms with Crippen molar-refractivity contribution in [2.45, 2.75) is 69.4 Å². The van der Waals surface area contributed by atoms with E-state index in [0.717, 1.165) is 47.1 Å². The minimum atomic E-state index is -0.330. The molecular weight excluding hydrogens is 536 g/mol. The maximum absolute atomic E-state index is 13.9. The normalized spacial score (nSPS) is 17.8. The van der Waals surface area contributed by atoms with Crippen LogP contribution >= 0.6 is 11.8 Å². The lowest BCUT2D eigenvalue weighted by molar-refractivity contribution is -0.142. The number of likely N-dealkylation sites (tertiary alicyclic amines) is 1. The standard InChI is InChI=1S/C32H36N4O4S/c1-21-16-23(12-13-29(21)40-22(2)37)17-34-18-24(19-34)30(38)35-15-14-28-27(20-35)31(39)36(25-8-4-3-5-9-25)32(33-28)41-26-10-6-7-11-26/h3-5,8-9,12-13,16,24,26H,6-7,10-11,14-15,17-20H2,1-2H3. The van der Waals surface area contributed by atoms with Crippen molar-refractivity contribution in [3.63, 3.8) is 0 Å². The molecule has 0 spiro atoms. The number of aryl methyl sites for hydroxylation is 1. The Balaban J connectivity index is 1.14. The van der Waals surface area contributed by atoms with Gasteiger partial charge in [-0.25, -0.2) is 4.98 Å². The highest BCUT2D eigenvalue weighted by molar-refractivity contribution is 7.99. The summed E-state index contributed by atoms with van der Waals surface area (Å²) in [6.07, 6.45) is 5.39. The molecule has 1 saturated carbocycles. The van der Waals surface area contributed by atoms with Gasteiger partial charge >= 0.3 is 5.97 Å². The monoisotopic (exact) mass is 572 g/mol. The third-order valence-corrected chi connectivity index (χ3v) is 9.59. The van der Waals surface area contributed by atoms with Crippen molar-refractivity contribution in [3.8, 4) is 11.4 Å².